The Hall–Kier alpha value is -3.03. The Balaban J connectivity index is 1.49. The molecule has 0 spiro atoms. The monoisotopic (exact) mass is 447 g/mol. The minimum atomic E-state index is -0.423. The first kappa shape index (κ1) is 21.7. The molecule has 0 aliphatic rings. The quantitative estimate of drug-likeness (QED) is 0.502. The number of nitrogens with zero attached hydrogens (tertiary/aromatic N) is 1. The smallest absolute Gasteiger partial charge is 0.224 e. The minimum absolute atomic E-state index is 0.144. The highest BCUT2D eigenvalue weighted by Crippen LogP contribution is 2.30. The number of amides is 2. The van der Waals surface area contributed by atoms with Gasteiger partial charge < -0.3 is 20.2 Å². The van der Waals surface area contributed by atoms with Gasteiger partial charge in [-0.25, -0.2) is 4.98 Å². The molecule has 0 aliphatic carbocycles. The maximum absolute atomic E-state index is 12.2. The molecule has 1 aromatic heterocycles. The van der Waals surface area contributed by atoms with Crippen LogP contribution < -0.4 is 15.8 Å². The number of nitrogens with two attached hydrogens (primary N) is 1. The highest BCUT2D eigenvalue weighted by Gasteiger charge is 2.12. The second-order valence-electron chi connectivity index (χ2n) is 6.38. The Kier molecular flexibility index (Phi) is 7.32. The Morgan fingerprint density at radius 2 is 1.87 bits per heavy atom. The predicted octanol–water partition coefficient (Wildman–Crippen LogP) is 4.47. The van der Waals surface area contributed by atoms with E-state index in [2.05, 4.69) is 10.3 Å². The standard InChI is InChI=1S/C21H19Cl2N3O4/c22-13-1-6-16(17(23)11-13)18-12-25-21(30-18)8-7-20(28)26-14-2-4-15(5-3-14)29-10-9-19(24)27/h1-6,11-12H,7-10H2,(H2,24,27)(H,26,28). The summed E-state index contributed by atoms with van der Waals surface area (Å²) in [5.41, 5.74) is 6.37. The summed E-state index contributed by atoms with van der Waals surface area (Å²) in [4.78, 5) is 27.1. The van der Waals surface area contributed by atoms with Gasteiger partial charge in [-0.2, -0.15) is 0 Å². The largest absolute Gasteiger partial charge is 0.493 e. The molecule has 156 valence electrons. The van der Waals surface area contributed by atoms with Gasteiger partial charge in [-0.15, -0.1) is 0 Å². The van der Waals surface area contributed by atoms with Crippen molar-refractivity contribution in [3.05, 3.63) is 64.6 Å². The number of rotatable bonds is 9. The van der Waals surface area contributed by atoms with Gasteiger partial charge in [0.15, 0.2) is 11.7 Å². The van der Waals surface area contributed by atoms with Crippen molar-refractivity contribution in [2.24, 2.45) is 5.73 Å². The van der Waals surface area contributed by atoms with E-state index in [1.165, 1.54) is 0 Å². The van der Waals surface area contributed by atoms with E-state index in [-0.39, 0.29) is 25.4 Å². The average molecular weight is 448 g/mol. The third kappa shape index (κ3) is 6.23. The summed E-state index contributed by atoms with van der Waals surface area (Å²) in [7, 11) is 0. The van der Waals surface area contributed by atoms with Gasteiger partial charge in [0.05, 0.1) is 24.2 Å². The van der Waals surface area contributed by atoms with Gasteiger partial charge >= 0.3 is 0 Å². The number of carbonyl (C=O) groups is 2. The van der Waals surface area contributed by atoms with Crippen molar-refractivity contribution in [3.8, 4) is 17.1 Å². The van der Waals surface area contributed by atoms with Crippen molar-refractivity contribution < 1.29 is 18.7 Å². The van der Waals surface area contributed by atoms with Crippen LogP contribution >= 0.6 is 23.2 Å². The van der Waals surface area contributed by atoms with Gasteiger partial charge in [-0.3, -0.25) is 9.59 Å². The summed E-state index contributed by atoms with van der Waals surface area (Å²) in [5, 5.41) is 3.79. The van der Waals surface area contributed by atoms with E-state index in [1.54, 1.807) is 48.7 Å². The Morgan fingerprint density at radius 3 is 2.57 bits per heavy atom. The van der Waals surface area contributed by atoms with Crippen molar-refractivity contribution in [3.63, 3.8) is 0 Å². The van der Waals surface area contributed by atoms with Crippen LogP contribution in [0.25, 0.3) is 11.3 Å². The first-order valence-corrected chi connectivity index (χ1v) is 9.87. The number of anilines is 1. The van der Waals surface area contributed by atoms with E-state index in [4.69, 9.17) is 38.1 Å². The van der Waals surface area contributed by atoms with Gasteiger partial charge in [0.1, 0.15) is 5.75 Å². The van der Waals surface area contributed by atoms with Crippen molar-refractivity contribution in [2.45, 2.75) is 19.3 Å². The first-order chi connectivity index (χ1) is 14.4. The van der Waals surface area contributed by atoms with Crippen molar-refractivity contribution in [2.75, 3.05) is 11.9 Å². The molecule has 2 amide bonds. The third-order valence-electron chi connectivity index (χ3n) is 4.07. The van der Waals surface area contributed by atoms with Crippen molar-refractivity contribution >= 4 is 40.7 Å². The van der Waals surface area contributed by atoms with Crippen molar-refractivity contribution in [1.29, 1.82) is 0 Å². The SMILES string of the molecule is NC(=O)CCOc1ccc(NC(=O)CCc2ncc(-c3ccc(Cl)cc3Cl)o2)cc1. The lowest BCUT2D eigenvalue weighted by molar-refractivity contribution is -0.118. The highest BCUT2D eigenvalue weighted by atomic mass is 35.5. The lowest BCUT2D eigenvalue weighted by Crippen LogP contribution is -2.14. The first-order valence-electron chi connectivity index (χ1n) is 9.12. The number of aryl methyl sites for hydroxylation is 1. The van der Waals surface area contributed by atoms with Crippen LogP contribution in [-0.2, 0) is 16.0 Å². The Labute approximate surface area is 183 Å². The lowest BCUT2D eigenvalue weighted by atomic mass is 10.2. The Morgan fingerprint density at radius 1 is 1.10 bits per heavy atom. The van der Waals surface area contributed by atoms with Gasteiger partial charge in [-0.05, 0) is 42.5 Å². The van der Waals surface area contributed by atoms with Crippen LogP contribution in [0.4, 0.5) is 5.69 Å². The molecule has 7 nitrogen and oxygen atoms in total. The van der Waals surface area contributed by atoms with E-state index in [0.29, 0.717) is 45.1 Å². The topological polar surface area (TPSA) is 107 Å². The fourth-order valence-corrected chi connectivity index (χ4v) is 3.09. The zero-order chi connectivity index (χ0) is 21.5. The van der Waals surface area contributed by atoms with E-state index < -0.39 is 5.91 Å². The molecule has 30 heavy (non-hydrogen) atoms. The molecular weight excluding hydrogens is 429 g/mol. The number of nitrogens with one attached hydrogen (secondary N) is 1. The molecule has 3 rings (SSSR count). The predicted molar refractivity (Wildman–Crippen MR) is 115 cm³/mol. The zero-order valence-electron chi connectivity index (χ0n) is 15.9. The fourth-order valence-electron chi connectivity index (χ4n) is 2.59. The molecule has 0 radical (unpaired) electrons. The van der Waals surface area contributed by atoms with Crippen LogP contribution in [0, 0.1) is 0 Å². The Bertz CT molecular complexity index is 1030. The van der Waals surface area contributed by atoms with Crippen LogP contribution in [0.15, 0.2) is 53.1 Å². The molecule has 0 saturated heterocycles. The number of carbonyl (C=O) groups excluding carboxylic acids is 2. The molecule has 3 aromatic rings. The van der Waals surface area contributed by atoms with E-state index in [1.807, 2.05) is 0 Å². The molecular formula is C21H19Cl2N3O4. The number of aromatic nitrogens is 1. The minimum Gasteiger partial charge on any atom is -0.493 e. The molecule has 3 N–H and O–H groups in total. The van der Waals surface area contributed by atoms with E-state index in [0.717, 1.165) is 0 Å². The number of benzene rings is 2. The maximum Gasteiger partial charge on any atom is 0.224 e. The van der Waals surface area contributed by atoms with Crippen LogP contribution in [0.2, 0.25) is 10.0 Å². The molecule has 0 bridgehead atoms. The molecule has 0 atom stereocenters. The summed E-state index contributed by atoms with van der Waals surface area (Å²) in [6.45, 7) is 0.209. The summed E-state index contributed by atoms with van der Waals surface area (Å²) in [6, 6.07) is 11.9. The highest BCUT2D eigenvalue weighted by molar-refractivity contribution is 6.36. The van der Waals surface area contributed by atoms with Crippen LogP contribution in [-0.4, -0.2) is 23.4 Å². The number of oxazole rings is 1. The number of ether oxygens (including phenoxy) is 1. The summed E-state index contributed by atoms with van der Waals surface area (Å²) in [5.74, 6) is 0.931. The second kappa shape index (κ2) is 10.1. The van der Waals surface area contributed by atoms with Crippen LogP contribution in [0.3, 0.4) is 0 Å². The lowest BCUT2D eigenvalue weighted by Gasteiger charge is -2.07. The van der Waals surface area contributed by atoms with E-state index in [9.17, 15) is 9.59 Å². The second-order valence-corrected chi connectivity index (χ2v) is 7.22. The molecule has 2 aromatic carbocycles. The van der Waals surface area contributed by atoms with Crippen LogP contribution in [0.5, 0.6) is 5.75 Å². The molecule has 0 saturated carbocycles. The van der Waals surface area contributed by atoms with Gasteiger partial charge in [0.25, 0.3) is 0 Å². The van der Waals surface area contributed by atoms with Crippen molar-refractivity contribution in [1.82, 2.24) is 4.98 Å². The van der Waals surface area contributed by atoms with Gasteiger partial charge in [0.2, 0.25) is 11.8 Å². The maximum atomic E-state index is 12.2. The fraction of sp³-hybridized carbons (Fsp3) is 0.190. The van der Waals surface area contributed by atoms with E-state index >= 15 is 0 Å². The summed E-state index contributed by atoms with van der Waals surface area (Å²) < 4.78 is 11.1. The van der Waals surface area contributed by atoms with Crippen LogP contribution in [0.1, 0.15) is 18.7 Å². The average Bonchev–Trinajstić information content (AvgIpc) is 3.16. The number of hydrogen-bond acceptors (Lipinski definition) is 5. The van der Waals surface area contributed by atoms with Gasteiger partial charge in [0, 0.05) is 29.1 Å². The molecule has 1 heterocycles. The number of halogens is 2. The molecule has 0 unspecified atom stereocenters. The number of hydrogen-bond donors (Lipinski definition) is 2. The van der Waals surface area contributed by atoms with Gasteiger partial charge in [-0.1, -0.05) is 23.2 Å². The normalized spacial score (nSPS) is 10.6. The summed E-state index contributed by atoms with van der Waals surface area (Å²) in [6.07, 6.45) is 2.25. The molecule has 0 fully saturated rings. The summed E-state index contributed by atoms with van der Waals surface area (Å²) >= 11 is 12.1. The molecule has 0 aliphatic heterocycles. The number of primary amides is 1. The zero-order valence-corrected chi connectivity index (χ0v) is 17.4. The third-order valence-corrected chi connectivity index (χ3v) is 4.62. The molecule has 9 heteroatoms.